The third-order valence-corrected chi connectivity index (χ3v) is 3.79. The maximum absolute atomic E-state index is 12.2. The Kier molecular flexibility index (Phi) is 3.82. The van der Waals surface area contributed by atoms with Crippen LogP contribution in [0.5, 0.6) is 0 Å². The van der Waals surface area contributed by atoms with Crippen molar-refractivity contribution in [3.63, 3.8) is 0 Å². The predicted octanol–water partition coefficient (Wildman–Crippen LogP) is 2.67. The number of hydrogen-bond acceptors (Lipinski definition) is 2. The first-order valence-electron chi connectivity index (χ1n) is 6.89. The molecule has 6 heteroatoms. The summed E-state index contributed by atoms with van der Waals surface area (Å²) in [7, 11) is 0. The smallest absolute Gasteiger partial charge is 0.326 e. The Labute approximate surface area is 111 Å². The van der Waals surface area contributed by atoms with Gasteiger partial charge in [-0.2, -0.15) is 13.2 Å². The van der Waals surface area contributed by atoms with Crippen LogP contribution in [0.4, 0.5) is 13.2 Å². The molecule has 1 saturated carbocycles. The number of carbonyl (C=O) groups excluding carboxylic acids is 1. The van der Waals surface area contributed by atoms with Crippen LogP contribution in [0.2, 0.25) is 0 Å². The zero-order valence-electron chi connectivity index (χ0n) is 11.4. The van der Waals surface area contributed by atoms with Gasteiger partial charge >= 0.3 is 6.18 Å². The van der Waals surface area contributed by atoms with Crippen molar-refractivity contribution in [2.75, 3.05) is 6.54 Å². The molecule has 1 atom stereocenters. The summed E-state index contributed by atoms with van der Waals surface area (Å²) < 4.78 is 36.5. The first kappa shape index (κ1) is 14.6. The van der Waals surface area contributed by atoms with Crippen molar-refractivity contribution in [1.29, 1.82) is 0 Å². The van der Waals surface area contributed by atoms with Crippen LogP contribution in [-0.2, 0) is 4.79 Å². The average Bonchev–Trinajstić information content (AvgIpc) is 2.97. The molecular weight excluding hydrogens is 257 g/mol. The summed E-state index contributed by atoms with van der Waals surface area (Å²) >= 11 is 0. The van der Waals surface area contributed by atoms with Crippen molar-refractivity contribution in [1.82, 2.24) is 10.2 Å². The van der Waals surface area contributed by atoms with Crippen molar-refractivity contribution in [2.45, 2.75) is 63.8 Å². The summed E-state index contributed by atoms with van der Waals surface area (Å²) in [6.07, 6.45) is -2.64. The van der Waals surface area contributed by atoms with E-state index in [1.807, 2.05) is 0 Å². The molecule has 1 amide bonds. The fourth-order valence-corrected chi connectivity index (χ4v) is 2.70. The minimum absolute atomic E-state index is 0.000300. The second-order valence-corrected chi connectivity index (χ2v) is 6.09. The van der Waals surface area contributed by atoms with Gasteiger partial charge in [0, 0.05) is 13.0 Å². The molecule has 1 saturated heterocycles. The standard InChI is InChI=1S/C13H21F3N2O/c1-9(2)8-10-17-12(5-6-12)11(19)18(10)7-3-4-13(14,15)16/h9-10,17H,3-8H2,1-2H3. The first-order chi connectivity index (χ1) is 8.73. The second-order valence-electron chi connectivity index (χ2n) is 6.09. The molecule has 1 aliphatic heterocycles. The molecule has 0 aromatic heterocycles. The van der Waals surface area contributed by atoms with Crippen molar-refractivity contribution < 1.29 is 18.0 Å². The highest BCUT2D eigenvalue weighted by atomic mass is 19.4. The molecule has 110 valence electrons. The number of amides is 1. The van der Waals surface area contributed by atoms with Crippen molar-refractivity contribution in [2.24, 2.45) is 5.92 Å². The van der Waals surface area contributed by atoms with Crippen LogP contribution in [-0.4, -0.2) is 35.2 Å². The molecule has 0 bridgehead atoms. The van der Waals surface area contributed by atoms with Gasteiger partial charge in [0.1, 0.15) is 0 Å². The van der Waals surface area contributed by atoms with Gasteiger partial charge in [-0.25, -0.2) is 0 Å². The van der Waals surface area contributed by atoms with Crippen LogP contribution < -0.4 is 5.32 Å². The van der Waals surface area contributed by atoms with Crippen LogP contribution in [0.25, 0.3) is 0 Å². The van der Waals surface area contributed by atoms with E-state index in [1.165, 1.54) is 0 Å². The maximum Gasteiger partial charge on any atom is 0.389 e. The summed E-state index contributed by atoms with van der Waals surface area (Å²) in [5.41, 5.74) is -0.433. The van der Waals surface area contributed by atoms with E-state index in [0.29, 0.717) is 5.92 Å². The molecule has 0 radical (unpaired) electrons. The molecule has 2 fully saturated rings. The molecule has 1 spiro atoms. The zero-order valence-corrected chi connectivity index (χ0v) is 11.4. The molecule has 0 aromatic rings. The van der Waals surface area contributed by atoms with Crippen molar-refractivity contribution >= 4 is 5.91 Å². The highest BCUT2D eigenvalue weighted by Gasteiger charge is 2.58. The lowest BCUT2D eigenvalue weighted by atomic mass is 10.1. The molecule has 1 N–H and O–H groups in total. The Bertz CT molecular complexity index is 350. The summed E-state index contributed by atoms with van der Waals surface area (Å²) in [6.45, 7) is 4.31. The van der Waals surface area contributed by atoms with Crippen molar-refractivity contribution in [3.8, 4) is 0 Å². The van der Waals surface area contributed by atoms with Crippen molar-refractivity contribution in [3.05, 3.63) is 0 Å². The molecular formula is C13H21F3N2O. The van der Waals surface area contributed by atoms with E-state index in [-0.39, 0.29) is 25.0 Å². The van der Waals surface area contributed by atoms with Crippen LogP contribution in [0.3, 0.4) is 0 Å². The summed E-state index contributed by atoms with van der Waals surface area (Å²) in [4.78, 5) is 13.8. The van der Waals surface area contributed by atoms with Crippen LogP contribution >= 0.6 is 0 Å². The fourth-order valence-electron chi connectivity index (χ4n) is 2.70. The summed E-state index contributed by atoms with van der Waals surface area (Å²) in [5.74, 6) is 0.407. The van der Waals surface area contributed by atoms with Crippen LogP contribution in [0.1, 0.15) is 46.0 Å². The molecule has 1 aliphatic carbocycles. The van der Waals surface area contributed by atoms with E-state index in [2.05, 4.69) is 19.2 Å². The Morgan fingerprint density at radius 1 is 1.42 bits per heavy atom. The lowest BCUT2D eigenvalue weighted by molar-refractivity contribution is -0.140. The van der Waals surface area contributed by atoms with E-state index < -0.39 is 18.1 Å². The zero-order chi connectivity index (χ0) is 14.3. The Balaban J connectivity index is 1.93. The van der Waals surface area contributed by atoms with Gasteiger partial charge in [0.15, 0.2) is 0 Å². The number of hydrogen-bond donors (Lipinski definition) is 1. The van der Waals surface area contributed by atoms with Gasteiger partial charge in [-0.05, 0) is 31.6 Å². The van der Waals surface area contributed by atoms with Crippen LogP contribution in [0.15, 0.2) is 0 Å². The van der Waals surface area contributed by atoms with Gasteiger partial charge in [0.05, 0.1) is 11.7 Å². The number of carbonyl (C=O) groups is 1. The highest BCUT2D eigenvalue weighted by molar-refractivity contribution is 5.91. The molecule has 2 aliphatic rings. The second kappa shape index (κ2) is 4.96. The highest BCUT2D eigenvalue weighted by Crippen LogP contribution is 2.43. The topological polar surface area (TPSA) is 32.3 Å². The monoisotopic (exact) mass is 278 g/mol. The molecule has 2 rings (SSSR count). The fraction of sp³-hybridized carbons (Fsp3) is 0.923. The van der Waals surface area contributed by atoms with Gasteiger partial charge in [-0.3, -0.25) is 10.1 Å². The minimum Gasteiger partial charge on any atom is -0.326 e. The Morgan fingerprint density at radius 3 is 2.53 bits per heavy atom. The SMILES string of the molecule is CC(C)CC1NC2(CC2)C(=O)N1CCCC(F)(F)F. The number of nitrogens with one attached hydrogen (secondary N) is 1. The van der Waals surface area contributed by atoms with Gasteiger partial charge in [0.2, 0.25) is 5.91 Å². The van der Waals surface area contributed by atoms with E-state index in [1.54, 1.807) is 4.90 Å². The number of alkyl halides is 3. The minimum atomic E-state index is -4.14. The van der Waals surface area contributed by atoms with Gasteiger partial charge < -0.3 is 4.90 Å². The normalized spacial score (nSPS) is 25.7. The molecule has 19 heavy (non-hydrogen) atoms. The van der Waals surface area contributed by atoms with E-state index in [9.17, 15) is 18.0 Å². The number of rotatable bonds is 5. The average molecular weight is 278 g/mol. The molecule has 0 aromatic carbocycles. The van der Waals surface area contributed by atoms with E-state index in [0.717, 1.165) is 19.3 Å². The third-order valence-electron chi connectivity index (χ3n) is 3.79. The first-order valence-corrected chi connectivity index (χ1v) is 6.89. The van der Waals surface area contributed by atoms with E-state index in [4.69, 9.17) is 0 Å². The Hall–Kier alpha value is -0.780. The maximum atomic E-state index is 12.2. The lowest BCUT2D eigenvalue weighted by Crippen LogP contribution is -2.39. The third kappa shape index (κ3) is 3.41. The number of nitrogens with zero attached hydrogens (tertiary/aromatic N) is 1. The lowest BCUT2D eigenvalue weighted by Gasteiger charge is -2.25. The molecule has 1 heterocycles. The quantitative estimate of drug-likeness (QED) is 0.838. The Morgan fingerprint density at radius 2 is 2.05 bits per heavy atom. The van der Waals surface area contributed by atoms with Gasteiger partial charge in [-0.1, -0.05) is 13.8 Å². The van der Waals surface area contributed by atoms with E-state index >= 15 is 0 Å². The van der Waals surface area contributed by atoms with Gasteiger partial charge in [0.25, 0.3) is 0 Å². The molecule has 1 unspecified atom stereocenters. The largest absolute Gasteiger partial charge is 0.389 e. The summed E-state index contributed by atoms with van der Waals surface area (Å²) in [6, 6.07) is 0. The molecule has 3 nitrogen and oxygen atoms in total. The predicted molar refractivity (Wildman–Crippen MR) is 65.3 cm³/mol. The summed E-state index contributed by atoms with van der Waals surface area (Å²) in [5, 5.41) is 3.32. The van der Waals surface area contributed by atoms with Crippen LogP contribution in [0, 0.1) is 5.92 Å². The van der Waals surface area contributed by atoms with Gasteiger partial charge in [-0.15, -0.1) is 0 Å². The number of halogens is 3.